The quantitative estimate of drug-likeness (QED) is 0.597. The van der Waals surface area contributed by atoms with Crippen molar-refractivity contribution in [2.75, 3.05) is 38.2 Å². The lowest BCUT2D eigenvalue weighted by Gasteiger charge is -2.34. The van der Waals surface area contributed by atoms with Crippen LogP contribution in [0.1, 0.15) is 17.0 Å². The first-order valence-corrected chi connectivity index (χ1v) is 11.5. The van der Waals surface area contributed by atoms with Gasteiger partial charge in [-0.25, -0.2) is 23.1 Å². The molecule has 1 aliphatic rings. The molecule has 0 N–H and O–H groups in total. The van der Waals surface area contributed by atoms with E-state index in [9.17, 15) is 8.42 Å². The van der Waals surface area contributed by atoms with Crippen molar-refractivity contribution in [1.82, 2.24) is 24.1 Å². The molecule has 3 aromatic rings. The number of aromatic nitrogens is 4. The summed E-state index contributed by atoms with van der Waals surface area (Å²) in [6.45, 7) is 7.56. The van der Waals surface area contributed by atoms with E-state index in [0.717, 1.165) is 22.8 Å². The summed E-state index contributed by atoms with van der Waals surface area (Å²) < 4.78 is 35.0. The van der Waals surface area contributed by atoms with Gasteiger partial charge in [-0.15, -0.1) is 0 Å². The predicted octanol–water partition coefficient (Wildman–Crippen LogP) is 2.11. The lowest BCUT2D eigenvalue weighted by molar-refractivity contribution is 0.373. The molecule has 164 valence electrons. The highest BCUT2D eigenvalue weighted by Gasteiger charge is 2.31. The van der Waals surface area contributed by atoms with E-state index in [1.807, 2.05) is 39.0 Å². The van der Waals surface area contributed by atoms with Gasteiger partial charge in [-0.1, -0.05) is 6.07 Å². The summed E-state index contributed by atoms with van der Waals surface area (Å²) in [6, 6.07) is 9.06. The zero-order chi connectivity index (χ0) is 22.2. The maximum Gasteiger partial charge on any atom is 0.246 e. The SMILES string of the molecule is COc1ccc(C)cc1S(=O)(=O)N1CCN(c2cc(-n3nc(C)cc3C)ncn2)CC1. The van der Waals surface area contributed by atoms with Gasteiger partial charge >= 0.3 is 0 Å². The smallest absolute Gasteiger partial charge is 0.246 e. The summed E-state index contributed by atoms with van der Waals surface area (Å²) in [7, 11) is -2.17. The van der Waals surface area contributed by atoms with E-state index in [0.29, 0.717) is 37.7 Å². The van der Waals surface area contributed by atoms with Crippen molar-refractivity contribution in [2.24, 2.45) is 0 Å². The van der Waals surface area contributed by atoms with Crippen LogP contribution < -0.4 is 9.64 Å². The molecule has 3 heterocycles. The zero-order valence-electron chi connectivity index (χ0n) is 18.1. The van der Waals surface area contributed by atoms with Crippen LogP contribution >= 0.6 is 0 Å². The molecular formula is C21H26N6O3S. The number of anilines is 1. The van der Waals surface area contributed by atoms with Gasteiger partial charge in [0.1, 0.15) is 22.8 Å². The maximum atomic E-state index is 13.2. The van der Waals surface area contributed by atoms with Gasteiger partial charge in [-0.2, -0.15) is 9.40 Å². The molecule has 1 aromatic carbocycles. The van der Waals surface area contributed by atoms with E-state index < -0.39 is 10.0 Å². The van der Waals surface area contributed by atoms with Crippen molar-refractivity contribution in [3.05, 3.63) is 53.6 Å². The molecule has 0 saturated carbocycles. The Morgan fingerprint density at radius 3 is 2.29 bits per heavy atom. The highest BCUT2D eigenvalue weighted by atomic mass is 32.2. The summed E-state index contributed by atoms with van der Waals surface area (Å²) in [4.78, 5) is 11.0. The first kappa shape index (κ1) is 21.3. The molecule has 2 aromatic heterocycles. The van der Waals surface area contributed by atoms with E-state index in [1.54, 1.807) is 16.8 Å². The third-order valence-corrected chi connectivity index (χ3v) is 7.28. The van der Waals surface area contributed by atoms with Crippen molar-refractivity contribution >= 4 is 15.8 Å². The fourth-order valence-corrected chi connectivity index (χ4v) is 5.43. The molecule has 10 heteroatoms. The minimum absolute atomic E-state index is 0.206. The normalized spacial score (nSPS) is 15.3. The van der Waals surface area contributed by atoms with Crippen molar-refractivity contribution in [3.63, 3.8) is 0 Å². The molecule has 31 heavy (non-hydrogen) atoms. The van der Waals surface area contributed by atoms with E-state index in [-0.39, 0.29) is 4.90 Å². The van der Waals surface area contributed by atoms with Crippen LogP contribution in [0.5, 0.6) is 5.75 Å². The molecule has 0 radical (unpaired) electrons. The van der Waals surface area contributed by atoms with Gasteiger partial charge in [0.05, 0.1) is 12.8 Å². The lowest BCUT2D eigenvalue weighted by Crippen LogP contribution is -2.49. The summed E-state index contributed by atoms with van der Waals surface area (Å²) in [5.41, 5.74) is 2.78. The number of ether oxygens (including phenoxy) is 1. The predicted molar refractivity (Wildman–Crippen MR) is 117 cm³/mol. The van der Waals surface area contributed by atoms with Gasteiger partial charge in [0.15, 0.2) is 5.82 Å². The minimum atomic E-state index is -3.65. The fraction of sp³-hybridized carbons (Fsp3) is 0.381. The van der Waals surface area contributed by atoms with Crippen molar-refractivity contribution in [3.8, 4) is 11.6 Å². The third-order valence-electron chi connectivity index (χ3n) is 5.36. The van der Waals surface area contributed by atoms with Crippen molar-refractivity contribution in [1.29, 1.82) is 0 Å². The Morgan fingerprint density at radius 1 is 0.935 bits per heavy atom. The molecule has 0 aliphatic carbocycles. The van der Waals surface area contributed by atoms with Gasteiger partial charge in [-0.3, -0.25) is 0 Å². The number of methoxy groups -OCH3 is 1. The third kappa shape index (κ3) is 4.13. The minimum Gasteiger partial charge on any atom is -0.495 e. The second-order valence-corrected chi connectivity index (χ2v) is 9.53. The Labute approximate surface area is 182 Å². The molecule has 0 atom stereocenters. The average Bonchev–Trinajstić information content (AvgIpc) is 3.12. The van der Waals surface area contributed by atoms with Gasteiger partial charge in [0, 0.05) is 37.9 Å². The number of hydrogen-bond acceptors (Lipinski definition) is 7. The first-order valence-electron chi connectivity index (χ1n) is 10.0. The molecule has 1 aliphatic heterocycles. The van der Waals surface area contributed by atoms with Crippen LogP contribution in [0.2, 0.25) is 0 Å². The first-order chi connectivity index (χ1) is 14.8. The van der Waals surface area contributed by atoms with Crippen LogP contribution in [-0.2, 0) is 10.0 Å². The van der Waals surface area contributed by atoms with Gasteiger partial charge < -0.3 is 9.64 Å². The molecule has 4 rings (SSSR count). The van der Waals surface area contributed by atoms with Gasteiger partial charge in [-0.05, 0) is 44.5 Å². The second kappa shape index (κ2) is 8.27. The highest BCUT2D eigenvalue weighted by Crippen LogP contribution is 2.29. The Balaban J connectivity index is 1.52. The molecule has 1 saturated heterocycles. The number of piperazine rings is 1. The van der Waals surface area contributed by atoms with Crippen molar-refractivity contribution in [2.45, 2.75) is 25.7 Å². The summed E-state index contributed by atoms with van der Waals surface area (Å²) >= 11 is 0. The number of hydrogen-bond donors (Lipinski definition) is 0. The summed E-state index contributed by atoms with van der Waals surface area (Å²) in [5, 5.41) is 4.48. The molecule has 0 spiro atoms. The van der Waals surface area contributed by atoms with Crippen LogP contribution in [-0.4, -0.2) is 65.8 Å². The Morgan fingerprint density at radius 2 is 1.65 bits per heavy atom. The summed E-state index contributed by atoms with van der Waals surface area (Å²) in [5.74, 6) is 1.80. The Bertz CT molecular complexity index is 1200. The van der Waals surface area contributed by atoms with Crippen LogP contribution in [0.25, 0.3) is 5.82 Å². The highest BCUT2D eigenvalue weighted by molar-refractivity contribution is 7.89. The second-order valence-electron chi connectivity index (χ2n) is 7.62. The standard InChI is InChI=1S/C21H26N6O3S/c1-15-5-6-18(30-4)19(11-15)31(28,29)26-9-7-25(8-10-26)20-13-21(23-14-22-20)27-17(3)12-16(2)24-27/h5-6,11-14H,7-10H2,1-4H3. The Hall–Kier alpha value is -2.98. The van der Waals surface area contributed by atoms with E-state index in [1.165, 1.54) is 17.7 Å². The number of aryl methyl sites for hydroxylation is 3. The van der Waals surface area contributed by atoms with Gasteiger partial charge in [0.25, 0.3) is 0 Å². The van der Waals surface area contributed by atoms with E-state index in [4.69, 9.17) is 4.74 Å². The monoisotopic (exact) mass is 442 g/mol. The number of rotatable bonds is 5. The largest absolute Gasteiger partial charge is 0.495 e. The topological polar surface area (TPSA) is 93.5 Å². The molecule has 9 nitrogen and oxygen atoms in total. The molecule has 0 bridgehead atoms. The fourth-order valence-electron chi connectivity index (χ4n) is 3.77. The molecular weight excluding hydrogens is 416 g/mol. The van der Waals surface area contributed by atoms with Gasteiger partial charge in [0.2, 0.25) is 10.0 Å². The van der Waals surface area contributed by atoms with E-state index >= 15 is 0 Å². The lowest BCUT2D eigenvalue weighted by atomic mass is 10.2. The number of sulfonamides is 1. The molecule has 1 fully saturated rings. The summed E-state index contributed by atoms with van der Waals surface area (Å²) in [6.07, 6.45) is 1.52. The van der Waals surface area contributed by atoms with Crippen molar-refractivity contribution < 1.29 is 13.2 Å². The van der Waals surface area contributed by atoms with Crippen LogP contribution in [0, 0.1) is 20.8 Å². The number of benzene rings is 1. The van der Waals surface area contributed by atoms with E-state index in [2.05, 4.69) is 20.0 Å². The maximum absolute atomic E-state index is 13.2. The zero-order valence-corrected chi connectivity index (χ0v) is 18.9. The van der Waals surface area contributed by atoms with Crippen LogP contribution in [0.15, 0.2) is 41.6 Å². The van der Waals surface area contributed by atoms with Crippen LogP contribution in [0.3, 0.4) is 0 Å². The Kier molecular flexibility index (Phi) is 5.67. The van der Waals surface area contributed by atoms with Crippen LogP contribution in [0.4, 0.5) is 5.82 Å². The average molecular weight is 443 g/mol. The molecule has 0 amide bonds. The molecule has 0 unspecified atom stereocenters. The number of nitrogens with zero attached hydrogens (tertiary/aromatic N) is 6.